The van der Waals surface area contributed by atoms with Crippen LogP contribution in [-0.4, -0.2) is 17.1 Å². The van der Waals surface area contributed by atoms with Crippen LogP contribution in [0.4, 0.5) is 16.2 Å². The largest absolute Gasteiger partial charge is 0.333 e. The van der Waals surface area contributed by atoms with E-state index in [-0.39, 0.29) is 6.03 Å². The van der Waals surface area contributed by atoms with Crippen LogP contribution in [0.3, 0.4) is 0 Å². The van der Waals surface area contributed by atoms with Gasteiger partial charge in [-0.05, 0) is 54.6 Å². The standard InChI is InChI=1S/C19H16BrClN4O2S/c20-12-2-1-3-15(10-12)23-18(25-27)17-9-8-16(28-17)11-22-19(26)24-14-6-4-13(21)5-7-14/h1-10,27H,11H2,(H,23,25)(H2,22,24,26). The molecule has 0 atom stereocenters. The molecule has 2 aromatic carbocycles. The van der Waals surface area contributed by atoms with Gasteiger partial charge in [0.2, 0.25) is 0 Å². The molecule has 0 aliphatic rings. The van der Waals surface area contributed by atoms with Crippen LogP contribution >= 0.6 is 38.9 Å². The number of nitrogens with one attached hydrogen (secondary N) is 3. The summed E-state index contributed by atoms with van der Waals surface area (Å²) < 4.78 is 0.897. The van der Waals surface area contributed by atoms with Crippen LogP contribution in [-0.2, 0) is 6.54 Å². The number of halogens is 2. The molecule has 28 heavy (non-hydrogen) atoms. The number of hydroxylamine groups is 1. The number of nitrogens with zero attached hydrogens (tertiary/aromatic N) is 1. The highest BCUT2D eigenvalue weighted by Crippen LogP contribution is 2.22. The summed E-state index contributed by atoms with van der Waals surface area (Å²) in [6.07, 6.45) is 0. The number of carbonyl (C=O) groups excluding carboxylic acids is 1. The summed E-state index contributed by atoms with van der Waals surface area (Å²) in [5.74, 6) is 0.333. The van der Waals surface area contributed by atoms with Gasteiger partial charge in [0.1, 0.15) is 0 Å². The van der Waals surface area contributed by atoms with E-state index in [1.54, 1.807) is 24.3 Å². The first-order chi connectivity index (χ1) is 13.5. The fourth-order valence-electron chi connectivity index (χ4n) is 2.29. The number of carbonyl (C=O) groups is 1. The molecule has 0 spiro atoms. The predicted octanol–water partition coefficient (Wildman–Crippen LogP) is 5.54. The molecule has 0 aliphatic heterocycles. The van der Waals surface area contributed by atoms with Gasteiger partial charge in [-0.15, -0.1) is 11.3 Å². The summed E-state index contributed by atoms with van der Waals surface area (Å²) in [6.45, 7) is 0.347. The van der Waals surface area contributed by atoms with Gasteiger partial charge in [-0.2, -0.15) is 0 Å². The summed E-state index contributed by atoms with van der Waals surface area (Å²) in [4.78, 5) is 18.1. The van der Waals surface area contributed by atoms with Crippen molar-refractivity contribution in [2.24, 2.45) is 4.99 Å². The number of amides is 2. The van der Waals surface area contributed by atoms with Crippen LogP contribution in [0.1, 0.15) is 9.75 Å². The zero-order valence-corrected chi connectivity index (χ0v) is 17.6. The zero-order chi connectivity index (χ0) is 19.9. The first kappa shape index (κ1) is 20.3. The Bertz CT molecular complexity index is 992. The lowest BCUT2D eigenvalue weighted by Gasteiger charge is -2.06. The van der Waals surface area contributed by atoms with Crippen molar-refractivity contribution in [3.05, 3.63) is 79.9 Å². The van der Waals surface area contributed by atoms with E-state index < -0.39 is 0 Å². The molecule has 3 rings (SSSR count). The maximum atomic E-state index is 12.0. The molecule has 0 bridgehead atoms. The number of thiophene rings is 1. The molecule has 4 N–H and O–H groups in total. The van der Waals surface area contributed by atoms with Gasteiger partial charge in [0.15, 0.2) is 5.84 Å². The summed E-state index contributed by atoms with van der Waals surface area (Å²) in [7, 11) is 0. The molecule has 1 heterocycles. The summed E-state index contributed by atoms with van der Waals surface area (Å²) in [5.41, 5.74) is 3.49. The van der Waals surface area contributed by atoms with Crippen molar-refractivity contribution < 1.29 is 10.0 Å². The second-order valence-electron chi connectivity index (χ2n) is 5.63. The highest BCUT2D eigenvalue weighted by Gasteiger charge is 2.09. The van der Waals surface area contributed by atoms with E-state index in [0.717, 1.165) is 14.2 Å². The molecule has 2 amide bonds. The Hall–Kier alpha value is -2.39. The Balaban J connectivity index is 1.61. The van der Waals surface area contributed by atoms with E-state index >= 15 is 0 Å². The Morgan fingerprint density at radius 3 is 2.64 bits per heavy atom. The Labute approximate surface area is 179 Å². The lowest BCUT2D eigenvalue weighted by Crippen LogP contribution is -2.27. The molecule has 1 aromatic heterocycles. The quantitative estimate of drug-likeness (QED) is 0.220. The maximum absolute atomic E-state index is 12.0. The molecule has 0 saturated carbocycles. The second kappa shape index (κ2) is 9.70. The van der Waals surface area contributed by atoms with Crippen LogP contribution < -0.4 is 16.1 Å². The summed E-state index contributed by atoms with van der Waals surface area (Å²) in [6, 6.07) is 17.7. The van der Waals surface area contributed by atoms with Gasteiger partial charge in [-0.3, -0.25) is 10.7 Å². The number of hydrogen-bond acceptors (Lipinski definition) is 4. The van der Waals surface area contributed by atoms with Crippen LogP contribution in [0.2, 0.25) is 5.02 Å². The topological polar surface area (TPSA) is 85.8 Å². The zero-order valence-electron chi connectivity index (χ0n) is 14.4. The van der Waals surface area contributed by atoms with E-state index in [1.807, 2.05) is 36.4 Å². The van der Waals surface area contributed by atoms with Gasteiger partial charge in [0, 0.05) is 20.1 Å². The minimum atomic E-state index is -0.319. The monoisotopic (exact) mass is 478 g/mol. The van der Waals surface area contributed by atoms with Crippen molar-refractivity contribution in [3.8, 4) is 0 Å². The van der Waals surface area contributed by atoms with Gasteiger partial charge >= 0.3 is 6.03 Å². The van der Waals surface area contributed by atoms with Crippen LogP contribution in [0.5, 0.6) is 0 Å². The summed E-state index contributed by atoms with van der Waals surface area (Å²) in [5, 5.41) is 15.6. The number of rotatable bonds is 5. The molecule has 0 aliphatic carbocycles. The highest BCUT2D eigenvalue weighted by molar-refractivity contribution is 9.10. The number of hydrogen-bond donors (Lipinski definition) is 4. The average Bonchev–Trinajstić information content (AvgIpc) is 3.15. The SMILES string of the molecule is O=C(NCc1ccc(C(=Nc2cccc(Br)c2)NO)s1)Nc1ccc(Cl)cc1. The van der Waals surface area contributed by atoms with Gasteiger partial charge < -0.3 is 10.6 Å². The Morgan fingerprint density at radius 2 is 1.93 bits per heavy atom. The van der Waals surface area contributed by atoms with Crippen molar-refractivity contribution in [2.75, 3.05) is 5.32 Å². The first-order valence-electron chi connectivity index (χ1n) is 8.17. The van der Waals surface area contributed by atoms with Crippen molar-refractivity contribution in [3.63, 3.8) is 0 Å². The third kappa shape index (κ3) is 5.80. The Kier molecular flexibility index (Phi) is 7.05. The summed E-state index contributed by atoms with van der Waals surface area (Å²) >= 11 is 10.6. The van der Waals surface area contributed by atoms with E-state index in [0.29, 0.717) is 28.8 Å². The lowest BCUT2D eigenvalue weighted by molar-refractivity contribution is 0.235. The van der Waals surface area contributed by atoms with Crippen LogP contribution in [0, 0.1) is 0 Å². The van der Waals surface area contributed by atoms with Crippen molar-refractivity contribution >= 4 is 62.1 Å². The molecule has 9 heteroatoms. The van der Waals surface area contributed by atoms with E-state index in [1.165, 1.54) is 11.3 Å². The minimum Gasteiger partial charge on any atom is -0.333 e. The fourth-order valence-corrected chi connectivity index (χ4v) is 3.69. The molecule has 144 valence electrons. The lowest BCUT2D eigenvalue weighted by atomic mass is 10.3. The molecule has 3 aromatic rings. The van der Waals surface area contributed by atoms with Crippen LogP contribution in [0.25, 0.3) is 0 Å². The molecule has 0 unspecified atom stereocenters. The number of benzene rings is 2. The van der Waals surface area contributed by atoms with E-state index in [2.05, 4.69) is 37.0 Å². The van der Waals surface area contributed by atoms with E-state index in [9.17, 15) is 10.0 Å². The normalized spacial score (nSPS) is 11.2. The highest BCUT2D eigenvalue weighted by atomic mass is 79.9. The maximum Gasteiger partial charge on any atom is 0.319 e. The molecule has 0 saturated heterocycles. The third-order valence-corrected chi connectivity index (χ3v) is 5.41. The fraction of sp³-hybridized carbons (Fsp3) is 0.0526. The van der Waals surface area contributed by atoms with E-state index in [4.69, 9.17) is 11.6 Å². The van der Waals surface area contributed by atoms with Gasteiger partial charge in [-0.25, -0.2) is 9.79 Å². The molecular weight excluding hydrogens is 464 g/mol. The van der Waals surface area contributed by atoms with Crippen molar-refractivity contribution in [2.45, 2.75) is 6.54 Å². The van der Waals surface area contributed by atoms with Crippen molar-refractivity contribution in [1.82, 2.24) is 10.8 Å². The smallest absolute Gasteiger partial charge is 0.319 e. The molecular formula is C19H16BrClN4O2S. The van der Waals surface area contributed by atoms with Gasteiger partial charge in [0.05, 0.1) is 17.1 Å². The molecule has 6 nitrogen and oxygen atoms in total. The number of urea groups is 1. The molecule has 0 radical (unpaired) electrons. The Morgan fingerprint density at radius 1 is 1.14 bits per heavy atom. The number of amidine groups is 1. The third-order valence-electron chi connectivity index (χ3n) is 3.58. The molecule has 0 fully saturated rings. The minimum absolute atomic E-state index is 0.319. The second-order valence-corrected chi connectivity index (χ2v) is 8.15. The van der Waals surface area contributed by atoms with Crippen molar-refractivity contribution in [1.29, 1.82) is 0 Å². The number of anilines is 1. The predicted molar refractivity (Wildman–Crippen MR) is 117 cm³/mol. The average molecular weight is 480 g/mol. The van der Waals surface area contributed by atoms with Crippen LogP contribution in [0.15, 0.2) is 70.1 Å². The van der Waals surface area contributed by atoms with Gasteiger partial charge in [0.25, 0.3) is 0 Å². The van der Waals surface area contributed by atoms with Gasteiger partial charge in [-0.1, -0.05) is 33.6 Å². The number of aliphatic imine (C=N–C) groups is 1. The first-order valence-corrected chi connectivity index (χ1v) is 10.2.